The molecule has 9 heteroatoms. The molecule has 2 aromatic heterocycles. The zero-order valence-electron chi connectivity index (χ0n) is 17.9. The minimum Gasteiger partial charge on any atom is -0.457 e. The molecule has 0 aliphatic heterocycles. The zero-order valence-corrected chi connectivity index (χ0v) is 20.3. The van der Waals surface area contributed by atoms with E-state index >= 15 is 0 Å². The van der Waals surface area contributed by atoms with E-state index in [9.17, 15) is 9.59 Å². The number of nitrogens with one attached hydrogen (secondary N) is 2. The van der Waals surface area contributed by atoms with Crippen LogP contribution in [0.5, 0.6) is 0 Å². The fourth-order valence-corrected chi connectivity index (χ4v) is 5.45. The number of hydrogen-bond acceptors (Lipinski definition) is 5. The van der Waals surface area contributed by atoms with Crippen molar-refractivity contribution in [3.05, 3.63) is 68.8 Å². The molecule has 0 atom stereocenters. The van der Waals surface area contributed by atoms with Gasteiger partial charge in [-0.25, -0.2) is 0 Å². The smallest absolute Gasteiger partial charge is 0.251 e. The molecule has 0 radical (unpaired) electrons. The summed E-state index contributed by atoms with van der Waals surface area (Å²) >= 11 is 12.9. The molecule has 33 heavy (non-hydrogen) atoms. The minimum absolute atomic E-state index is 0.0974. The highest BCUT2D eigenvalue weighted by atomic mass is 35.5. The van der Waals surface area contributed by atoms with E-state index in [1.54, 1.807) is 12.1 Å². The van der Waals surface area contributed by atoms with Crippen LogP contribution in [-0.2, 0) is 17.6 Å². The van der Waals surface area contributed by atoms with Gasteiger partial charge in [0.2, 0.25) is 5.91 Å². The highest BCUT2D eigenvalue weighted by Gasteiger charge is 2.24. The number of aryl methyl sites for hydroxylation is 2. The molecule has 1 aliphatic carbocycles. The van der Waals surface area contributed by atoms with Crippen LogP contribution in [-0.4, -0.2) is 16.9 Å². The molecule has 0 saturated heterocycles. The van der Waals surface area contributed by atoms with Gasteiger partial charge in [0.05, 0.1) is 5.56 Å². The molecular formula is C24H22ClN3O3S2. The SMILES string of the molecule is Cc1ccc(-c2ccc(/C=C/C(=O)NC(=S)Nc3sc4c(c3C(N)=O)CCCC4)o2)cc1Cl. The Morgan fingerprint density at radius 2 is 2.00 bits per heavy atom. The molecule has 1 aromatic carbocycles. The summed E-state index contributed by atoms with van der Waals surface area (Å²) in [5, 5.41) is 6.89. The first-order valence-electron chi connectivity index (χ1n) is 10.4. The van der Waals surface area contributed by atoms with E-state index in [2.05, 4.69) is 10.6 Å². The number of thiocarbonyl (C=S) groups is 1. The predicted molar refractivity (Wildman–Crippen MR) is 137 cm³/mol. The topological polar surface area (TPSA) is 97.4 Å². The first kappa shape index (κ1) is 23.2. The van der Waals surface area contributed by atoms with Gasteiger partial charge in [0.1, 0.15) is 16.5 Å². The summed E-state index contributed by atoms with van der Waals surface area (Å²) in [5.74, 6) is 0.243. The largest absolute Gasteiger partial charge is 0.457 e. The Morgan fingerprint density at radius 3 is 2.76 bits per heavy atom. The molecule has 4 rings (SSSR count). The van der Waals surface area contributed by atoms with E-state index in [4.69, 9.17) is 34.0 Å². The maximum absolute atomic E-state index is 12.3. The number of carbonyl (C=O) groups excluding carboxylic acids is 2. The monoisotopic (exact) mass is 499 g/mol. The van der Waals surface area contributed by atoms with Crippen LogP contribution in [0.4, 0.5) is 5.00 Å². The van der Waals surface area contributed by atoms with E-state index in [0.29, 0.717) is 27.1 Å². The molecule has 4 N–H and O–H groups in total. The molecule has 0 fully saturated rings. The number of nitrogens with two attached hydrogens (primary N) is 1. The van der Waals surface area contributed by atoms with Gasteiger partial charge in [-0.2, -0.15) is 0 Å². The number of primary amides is 1. The molecule has 0 unspecified atom stereocenters. The normalized spacial score (nSPS) is 13.0. The first-order valence-corrected chi connectivity index (χ1v) is 12.0. The van der Waals surface area contributed by atoms with Crippen molar-refractivity contribution < 1.29 is 14.0 Å². The van der Waals surface area contributed by atoms with Crippen LogP contribution in [0.25, 0.3) is 17.4 Å². The third-order valence-electron chi connectivity index (χ3n) is 5.36. The lowest BCUT2D eigenvalue weighted by molar-refractivity contribution is -0.115. The highest BCUT2D eigenvalue weighted by Crippen LogP contribution is 2.37. The second-order valence-electron chi connectivity index (χ2n) is 7.72. The van der Waals surface area contributed by atoms with Crippen LogP contribution in [0.15, 0.2) is 40.8 Å². The number of carbonyl (C=O) groups is 2. The second-order valence-corrected chi connectivity index (χ2v) is 9.64. The fraction of sp³-hybridized carbons (Fsp3) is 0.208. The van der Waals surface area contributed by atoms with E-state index in [-0.39, 0.29) is 5.11 Å². The summed E-state index contributed by atoms with van der Waals surface area (Å²) in [6, 6.07) is 9.26. The van der Waals surface area contributed by atoms with Crippen molar-refractivity contribution in [2.24, 2.45) is 5.73 Å². The number of furan rings is 1. The van der Waals surface area contributed by atoms with Crippen LogP contribution in [0, 0.1) is 6.92 Å². The van der Waals surface area contributed by atoms with Gasteiger partial charge in [-0.3, -0.25) is 14.9 Å². The van der Waals surface area contributed by atoms with Crippen molar-refractivity contribution in [1.82, 2.24) is 5.32 Å². The van der Waals surface area contributed by atoms with Gasteiger partial charge >= 0.3 is 0 Å². The van der Waals surface area contributed by atoms with Crippen molar-refractivity contribution in [3.63, 3.8) is 0 Å². The molecule has 3 aromatic rings. The molecule has 1 aliphatic rings. The van der Waals surface area contributed by atoms with Crippen LogP contribution < -0.4 is 16.4 Å². The molecule has 0 saturated carbocycles. The number of hydrogen-bond donors (Lipinski definition) is 3. The number of amides is 2. The summed E-state index contributed by atoms with van der Waals surface area (Å²) < 4.78 is 5.78. The number of rotatable bonds is 5. The van der Waals surface area contributed by atoms with Crippen molar-refractivity contribution in [2.75, 3.05) is 5.32 Å². The van der Waals surface area contributed by atoms with Crippen LogP contribution in [0.1, 0.15) is 45.0 Å². The van der Waals surface area contributed by atoms with Gasteiger partial charge in [-0.15, -0.1) is 11.3 Å². The molecule has 6 nitrogen and oxygen atoms in total. The van der Waals surface area contributed by atoms with Gasteiger partial charge < -0.3 is 15.5 Å². The lowest BCUT2D eigenvalue weighted by atomic mass is 9.95. The Hall–Kier alpha value is -2.94. The van der Waals surface area contributed by atoms with Gasteiger partial charge in [-0.1, -0.05) is 23.7 Å². The van der Waals surface area contributed by atoms with Gasteiger partial charge in [0.15, 0.2) is 5.11 Å². The van der Waals surface area contributed by atoms with Gasteiger partial charge in [-0.05, 0) is 80.2 Å². The summed E-state index contributed by atoms with van der Waals surface area (Å²) in [6.45, 7) is 1.93. The number of anilines is 1. The lowest BCUT2D eigenvalue weighted by Crippen LogP contribution is -2.33. The predicted octanol–water partition coefficient (Wildman–Crippen LogP) is 5.47. The molecule has 0 bridgehead atoms. The quantitative estimate of drug-likeness (QED) is 0.319. The van der Waals surface area contributed by atoms with Crippen molar-refractivity contribution in [3.8, 4) is 11.3 Å². The standard InChI is InChI=1S/C24H22ClN3O3S2/c1-13-6-7-14(12-17(13)25)18-10-8-15(31-18)9-11-20(29)27-24(32)28-23-21(22(26)30)16-4-2-3-5-19(16)33-23/h6-12H,2-5H2,1H3,(H2,26,30)(H2,27,28,29,32)/b11-9+. The number of halogens is 1. The van der Waals surface area contributed by atoms with Gasteiger partial charge in [0, 0.05) is 21.5 Å². The molecule has 2 amide bonds. The number of thiophene rings is 1. The molecule has 2 heterocycles. The van der Waals surface area contributed by atoms with Crippen LogP contribution >= 0.6 is 35.2 Å². The summed E-state index contributed by atoms with van der Waals surface area (Å²) in [7, 11) is 0. The highest BCUT2D eigenvalue weighted by molar-refractivity contribution is 7.80. The third-order valence-corrected chi connectivity index (χ3v) is 7.18. The lowest BCUT2D eigenvalue weighted by Gasteiger charge is -2.11. The Kier molecular flexibility index (Phi) is 6.97. The summed E-state index contributed by atoms with van der Waals surface area (Å²) in [5.41, 5.74) is 8.91. The summed E-state index contributed by atoms with van der Waals surface area (Å²) in [4.78, 5) is 25.5. The average Bonchev–Trinajstić information content (AvgIpc) is 3.38. The fourth-order valence-electron chi connectivity index (χ4n) is 3.70. The second kappa shape index (κ2) is 9.91. The van der Waals surface area contributed by atoms with E-state index in [1.807, 2.05) is 31.2 Å². The van der Waals surface area contributed by atoms with Crippen LogP contribution in [0.3, 0.4) is 0 Å². The minimum atomic E-state index is -0.491. The van der Waals surface area contributed by atoms with Crippen molar-refractivity contribution >= 4 is 63.2 Å². The van der Waals surface area contributed by atoms with Crippen molar-refractivity contribution in [2.45, 2.75) is 32.6 Å². The van der Waals surface area contributed by atoms with E-state index < -0.39 is 11.8 Å². The number of fused-ring (bicyclic) bond motifs is 1. The Bertz CT molecular complexity index is 1280. The van der Waals surface area contributed by atoms with Crippen LogP contribution in [0.2, 0.25) is 5.02 Å². The average molecular weight is 500 g/mol. The number of benzene rings is 1. The van der Waals surface area contributed by atoms with Gasteiger partial charge in [0.25, 0.3) is 5.91 Å². The third kappa shape index (κ3) is 5.35. The zero-order chi connectivity index (χ0) is 23.5. The maximum atomic E-state index is 12.3. The molecular weight excluding hydrogens is 478 g/mol. The maximum Gasteiger partial charge on any atom is 0.251 e. The van der Waals surface area contributed by atoms with E-state index in [0.717, 1.165) is 47.3 Å². The first-order chi connectivity index (χ1) is 15.8. The molecule has 0 spiro atoms. The summed E-state index contributed by atoms with van der Waals surface area (Å²) in [6.07, 6.45) is 6.74. The Morgan fingerprint density at radius 1 is 1.21 bits per heavy atom. The Labute approximate surface area is 205 Å². The Balaban J connectivity index is 1.39. The van der Waals surface area contributed by atoms with Crippen molar-refractivity contribution in [1.29, 1.82) is 0 Å². The molecule has 170 valence electrons. The van der Waals surface area contributed by atoms with E-state index in [1.165, 1.54) is 17.4 Å².